The van der Waals surface area contributed by atoms with Gasteiger partial charge in [-0.1, -0.05) is 25.3 Å². The van der Waals surface area contributed by atoms with E-state index in [-0.39, 0.29) is 23.0 Å². The van der Waals surface area contributed by atoms with Crippen LogP contribution >= 0.6 is 0 Å². The SMILES string of the molecule is COc1cccc(N(C(=O)C(F)(F)F)[C@H](C(=O)NC2CCCCC2)c2ccncc2)c1. The first-order valence-corrected chi connectivity index (χ1v) is 10.1. The normalized spacial score (nSPS) is 15.7. The first-order chi connectivity index (χ1) is 14.8. The van der Waals surface area contributed by atoms with Gasteiger partial charge in [-0.2, -0.15) is 13.2 Å². The molecule has 9 heteroatoms. The summed E-state index contributed by atoms with van der Waals surface area (Å²) in [7, 11) is 1.37. The smallest absolute Gasteiger partial charge is 0.471 e. The van der Waals surface area contributed by atoms with Gasteiger partial charge in [0.15, 0.2) is 0 Å². The Morgan fingerprint density at radius 1 is 1.13 bits per heavy atom. The first-order valence-electron chi connectivity index (χ1n) is 10.1. The number of pyridine rings is 1. The van der Waals surface area contributed by atoms with Crippen LogP contribution in [0.4, 0.5) is 18.9 Å². The van der Waals surface area contributed by atoms with E-state index >= 15 is 0 Å². The van der Waals surface area contributed by atoms with Crippen molar-refractivity contribution in [2.75, 3.05) is 12.0 Å². The van der Waals surface area contributed by atoms with Gasteiger partial charge < -0.3 is 10.1 Å². The summed E-state index contributed by atoms with van der Waals surface area (Å²) in [6.45, 7) is 0. The summed E-state index contributed by atoms with van der Waals surface area (Å²) in [5, 5.41) is 2.85. The third-order valence-corrected chi connectivity index (χ3v) is 5.27. The van der Waals surface area contributed by atoms with Crippen LogP contribution in [-0.2, 0) is 9.59 Å². The van der Waals surface area contributed by atoms with Crippen molar-refractivity contribution in [3.8, 4) is 5.75 Å². The number of hydrogen-bond acceptors (Lipinski definition) is 4. The number of amides is 2. The Bertz CT molecular complexity index is 900. The molecule has 1 N–H and O–H groups in total. The Balaban J connectivity index is 2.07. The predicted molar refractivity (Wildman–Crippen MR) is 109 cm³/mol. The van der Waals surface area contributed by atoms with Gasteiger partial charge in [0, 0.05) is 30.2 Å². The van der Waals surface area contributed by atoms with Crippen molar-refractivity contribution in [3.05, 3.63) is 54.4 Å². The maximum atomic E-state index is 13.6. The quantitative estimate of drug-likeness (QED) is 0.739. The van der Waals surface area contributed by atoms with E-state index in [0.717, 1.165) is 32.1 Å². The van der Waals surface area contributed by atoms with Crippen LogP contribution in [0.2, 0.25) is 0 Å². The van der Waals surface area contributed by atoms with E-state index in [9.17, 15) is 22.8 Å². The lowest BCUT2D eigenvalue weighted by Crippen LogP contribution is -2.50. The third kappa shape index (κ3) is 5.53. The monoisotopic (exact) mass is 435 g/mol. The molecular weight excluding hydrogens is 411 g/mol. The minimum Gasteiger partial charge on any atom is -0.497 e. The molecule has 31 heavy (non-hydrogen) atoms. The zero-order valence-electron chi connectivity index (χ0n) is 17.1. The van der Waals surface area contributed by atoms with E-state index in [1.807, 2.05) is 0 Å². The highest BCUT2D eigenvalue weighted by molar-refractivity contribution is 6.04. The highest BCUT2D eigenvalue weighted by atomic mass is 19.4. The molecular formula is C22H24F3N3O3. The number of nitrogens with one attached hydrogen (secondary N) is 1. The van der Waals surface area contributed by atoms with Gasteiger partial charge in [0.1, 0.15) is 11.8 Å². The Morgan fingerprint density at radius 2 is 1.81 bits per heavy atom. The van der Waals surface area contributed by atoms with E-state index in [2.05, 4.69) is 10.3 Å². The lowest BCUT2D eigenvalue weighted by atomic mass is 9.94. The average Bonchev–Trinajstić information content (AvgIpc) is 2.77. The molecule has 0 bridgehead atoms. The van der Waals surface area contributed by atoms with Crippen molar-refractivity contribution >= 4 is 17.5 Å². The van der Waals surface area contributed by atoms with Crippen LogP contribution in [-0.4, -0.2) is 36.1 Å². The van der Waals surface area contributed by atoms with Crippen molar-refractivity contribution in [1.29, 1.82) is 0 Å². The highest BCUT2D eigenvalue weighted by Crippen LogP contribution is 2.34. The molecule has 1 saturated carbocycles. The van der Waals surface area contributed by atoms with Crippen molar-refractivity contribution in [2.24, 2.45) is 0 Å². The van der Waals surface area contributed by atoms with Crippen molar-refractivity contribution in [1.82, 2.24) is 10.3 Å². The topological polar surface area (TPSA) is 71.5 Å². The van der Waals surface area contributed by atoms with Crippen LogP contribution < -0.4 is 15.0 Å². The van der Waals surface area contributed by atoms with Crippen LogP contribution in [0.3, 0.4) is 0 Å². The minimum absolute atomic E-state index is 0.0951. The van der Waals surface area contributed by atoms with E-state index < -0.39 is 24.0 Å². The molecule has 0 radical (unpaired) electrons. The Kier molecular flexibility index (Phi) is 7.14. The summed E-state index contributed by atoms with van der Waals surface area (Å²) in [5.41, 5.74) is 0.131. The molecule has 6 nitrogen and oxygen atoms in total. The number of methoxy groups -OCH3 is 1. The third-order valence-electron chi connectivity index (χ3n) is 5.27. The second kappa shape index (κ2) is 9.80. The van der Waals surface area contributed by atoms with Crippen LogP contribution in [0.5, 0.6) is 5.75 Å². The molecule has 2 amide bonds. The molecule has 1 aliphatic carbocycles. The Hall–Kier alpha value is -3.10. The molecule has 166 valence electrons. The number of carbonyl (C=O) groups is 2. The highest BCUT2D eigenvalue weighted by Gasteiger charge is 2.47. The standard InChI is InChI=1S/C22H24F3N3O3/c1-31-18-9-5-8-17(14-18)28(21(30)22(23,24)25)19(15-10-12-26-13-11-15)20(29)27-16-6-3-2-4-7-16/h5,8-14,16,19H,2-4,6-7H2,1H3,(H,27,29)/t19-/m0/s1. The van der Waals surface area contributed by atoms with Gasteiger partial charge in [0.25, 0.3) is 0 Å². The van der Waals surface area contributed by atoms with Gasteiger partial charge >= 0.3 is 12.1 Å². The number of halogens is 3. The lowest BCUT2D eigenvalue weighted by Gasteiger charge is -2.33. The van der Waals surface area contributed by atoms with Crippen molar-refractivity contribution in [3.63, 3.8) is 0 Å². The van der Waals surface area contributed by atoms with Gasteiger partial charge in [0.05, 0.1) is 7.11 Å². The fourth-order valence-electron chi connectivity index (χ4n) is 3.77. The minimum atomic E-state index is -5.18. The fourth-order valence-corrected chi connectivity index (χ4v) is 3.77. The van der Waals surface area contributed by atoms with Gasteiger partial charge in [-0.3, -0.25) is 19.5 Å². The number of rotatable bonds is 6. The van der Waals surface area contributed by atoms with Gasteiger partial charge in [-0.05, 0) is 42.7 Å². The maximum Gasteiger partial charge on any atom is 0.471 e. The molecule has 0 saturated heterocycles. The molecule has 3 rings (SSSR count). The summed E-state index contributed by atoms with van der Waals surface area (Å²) in [5.74, 6) is -2.54. The molecule has 1 fully saturated rings. The fraction of sp³-hybridized carbons (Fsp3) is 0.409. The average molecular weight is 435 g/mol. The maximum absolute atomic E-state index is 13.6. The van der Waals surface area contributed by atoms with Crippen LogP contribution in [0.15, 0.2) is 48.8 Å². The summed E-state index contributed by atoms with van der Waals surface area (Å²) < 4.78 is 45.9. The summed E-state index contributed by atoms with van der Waals surface area (Å²) >= 11 is 0. The van der Waals surface area contributed by atoms with Gasteiger partial charge in [-0.15, -0.1) is 0 Å². The van der Waals surface area contributed by atoms with E-state index in [4.69, 9.17) is 4.74 Å². The number of ether oxygens (including phenoxy) is 1. The molecule has 0 unspecified atom stereocenters. The molecule has 1 aromatic carbocycles. The molecule has 0 aliphatic heterocycles. The van der Waals surface area contributed by atoms with Crippen LogP contribution in [0.25, 0.3) is 0 Å². The Labute approximate surface area is 178 Å². The number of benzene rings is 1. The van der Waals surface area contributed by atoms with Crippen LogP contribution in [0.1, 0.15) is 43.7 Å². The van der Waals surface area contributed by atoms with E-state index in [1.165, 1.54) is 49.8 Å². The van der Waals surface area contributed by atoms with Crippen LogP contribution in [0, 0.1) is 0 Å². The molecule has 1 aliphatic rings. The number of alkyl halides is 3. The second-order valence-corrected chi connectivity index (χ2v) is 7.40. The lowest BCUT2D eigenvalue weighted by molar-refractivity contribution is -0.171. The van der Waals surface area contributed by atoms with E-state index in [0.29, 0.717) is 4.90 Å². The molecule has 1 heterocycles. The first kappa shape index (κ1) is 22.6. The molecule has 0 spiro atoms. The number of hydrogen-bond donors (Lipinski definition) is 1. The van der Waals surface area contributed by atoms with Crippen molar-refractivity contribution in [2.45, 2.75) is 50.4 Å². The van der Waals surface area contributed by atoms with Gasteiger partial charge in [0.2, 0.25) is 5.91 Å². The summed E-state index contributed by atoms with van der Waals surface area (Å²) in [4.78, 5) is 30.2. The zero-order chi connectivity index (χ0) is 22.4. The summed E-state index contributed by atoms with van der Waals surface area (Å²) in [6, 6.07) is 6.85. The predicted octanol–water partition coefficient (Wildman–Crippen LogP) is 4.18. The zero-order valence-corrected chi connectivity index (χ0v) is 17.1. The molecule has 2 aromatic rings. The molecule has 1 aromatic heterocycles. The van der Waals surface area contributed by atoms with Crippen molar-refractivity contribution < 1.29 is 27.5 Å². The largest absolute Gasteiger partial charge is 0.497 e. The number of carbonyl (C=O) groups excluding carboxylic acids is 2. The van der Waals surface area contributed by atoms with Gasteiger partial charge in [-0.25, -0.2) is 0 Å². The summed E-state index contributed by atoms with van der Waals surface area (Å²) in [6.07, 6.45) is 2.00. The number of aromatic nitrogens is 1. The number of nitrogens with zero attached hydrogens (tertiary/aromatic N) is 2. The Morgan fingerprint density at radius 3 is 2.42 bits per heavy atom. The second-order valence-electron chi connectivity index (χ2n) is 7.40. The number of anilines is 1. The molecule has 1 atom stereocenters. The van der Waals surface area contributed by atoms with E-state index in [1.54, 1.807) is 6.07 Å².